The minimum Gasteiger partial charge on any atom is -0.459 e. The van der Waals surface area contributed by atoms with Crippen molar-refractivity contribution < 1.29 is 19.0 Å². The fourth-order valence-corrected chi connectivity index (χ4v) is 3.03. The summed E-state index contributed by atoms with van der Waals surface area (Å²) in [7, 11) is 0. The highest BCUT2D eigenvalue weighted by atomic mass is 16.6. The number of esters is 1. The van der Waals surface area contributed by atoms with Gasteiger partial charge in [0, 0.05) is 12.5 Å². The molecule has 1 aliphatic heterocycles. The molecule has 1 aromatic rings. The number of nitrogens with two attached hydrogens (primary N) is 1. The van der Waals surface area contributed by atoms with Crippen LogP contribution in [0.15, 0.2) is 30.3 Å². The van der Waals surface area contributed by atoms with Gasteiger partial charge in [-0.15, -0.1) is 0 Å². The number of carbonyl (C=O) groups is 1. The topological polar surface area (TPSA) is 70.8 Å². The summed E-state index contributed by atoms with van der Waals surface area (Å²) in [6.07, 6.45) is 1.20. The molecule has 0 aromatic heterocycles. The standard InChI is InChI=1S/C20H31NO4/c1-14(2)9-10-24-19-15(3)25-20(22)18(21)13-23-12-17(19)11-16-7-5-4-6-8-16/h4-8,14-15,17-19H,9-13,21H2,1-3H3/t15-,17-,18-,19-/m0/s1. The molecular weight excluding hydrogens is 318 g/mol. The maximum Gasteiger partial charge on any atom is 0.325 e. The number of hydrogen-bond acceptors (Lipinski definition) is 5. The molecule has 5 heteroatoms. The van der Waals surface area contributed by atoms with E-state index in [2.05, 4.69) is 26.0 Å². The van der Waals surface area contributed by atoms with Gasteiger partial charge in [-0.2, -0.15) is 0 Å². The minimum absolute atomic E-state index is 0.0997. The van der Waals surface area contributed by atoms with Crippen molar-refractivity contribution in [1.82, 2.24) is 0 Å². The molecule has 1 aromatic carbocycles. The Morgan fingerprint density at radius 1 is 1.24 bits per heavy atom. The number of rotatable bonds is 6. The summed E-state index contributed by atoms with van der Waals surface area (Å²) in [6.45, 7) is 7.53. The Bertz CT molecular complexity index is 520. The predicted molar refractivity (Wildman–Crippen MR) is 97.2 cm³/mol. The molecule has 2 N–H and O–H groups in total. The highest BCUT2D eigenvalue weighted by molar-refractivity contribution is 5.75. The quantitative estimate of drug-likeness (QED) is 0.799. The van der Waals surface area contributed by atoms with Crippen molar-refractivity contribution in [2.24, 2.45) is 17.6 Å². The van der Waals surface area contributed by atoms with Crippen LogP contribution >= 0.6 is 0 Å². The second-order valence-corrected chi connectivity index (χ2v) is 7.25. The van der Waals surface area contributed by atoms with Crippen molar-refractivity contribution in [3.63, 3.8) is 0 Å². The third kappa shape index (κ3) is 6.42. The zero-order valence-corrected chi connectivity index (χ0v) is 15.5. The summed E-state index contributed by atoms with van der Waals surface area (Å²) < 4.78 is 17.4. The highest BCUT2D eigenvalue weighted by Crippen LogP contribution is 2.23. The lowest BCUT2D eigenvalue weighted by atomic mass is 9.91. The molecule has 2 rings (SSSR count). The van der Waals surface area contributed by atoms with Gasteiger partial charge >= 0.3 is 5.97 Å². The molecule has 1 saturated heterocycles. The van der Waals surface area contributed by atoms with Crippen molar-refractivity contribution in [2.45, 2.75) is 51.9 Å². The number of benzene rings is 1. The van der Waals surface area contributed by atoms with Crippen LogP contribution in [0, 0.1) is 11.8 Å². The summed E-state index contributed by atoms with van der Waals surface area (Å²) in [5.41, 5.74) is 7.04. The van der Waals surface area contributed by atoms with E-state index < -0.39 is 12.0 Å². The van der Waals surface area contributed by atoms with E-state index in [4.69, 9.17) is 19.9 Å². The number of cyclic esters (lactones) is 1. The molecule has 1 fully saturated rings. The first kappa shape index (κ1) is 19.9. The van der Waals surface area contributed by atoms with Gasteiger partial charge in [0.15, 0.2) is 0 Å². The molecule has 1 heterocycles. The van der Waals surface area contributed by atoms with Crippen molar-refractivity contribution in [3.8, 4) is 0 Å². The molecule has 0 radical (unpaired) electrons. The smallest absolute Gasteiger partial charge is 0.325 e. The molecule has 0 bridgehead atoms. The third-order valence-corrected chi connectivity index (χ3v) is 4.51. The lowest BCUT2D eigenvalue weighted by molar-refractivity contribution is -0.159. The van der Waals surface area contributed by atoms with Gasteiger partial charge in [0.2, 0.25) is 0 Å². The van der Waals surface area contributed by atoms with Crippen molar-refractivity contribution in [2.75, 3.05) is 19.8 Å². The van der Waals surface area contributed by atoms with Crippen molar-refractivity contribution in [3.05, 3.63) is 35.9 Å². The second-order valence-electron chi connectivity index (χ2n) is 7.25. The van der Waals surface area contributed by atoms with Gasteiger partial charge in [0.1, 0.15) is 12.1 Å². The third-order valence-electron chi connectivity index (χ3n) is 4.51. The lowest BCUT2D eigenvalue weighted by Gasteiger charge is -2.31. The van der Waals surface area contributed by atoms with E-state index in [1.807, 2.05) is 25.1 Å². The summed E-state index contributed by atoms with van der Waals surface area (Å²) >= 11 is 0. The highest BCUT2D eigenvalue weighted by Gasteiger charge is 2.33. The molecule has 0 aliphatic carbocycles. The van der Waals surface area contributed by atoms with E-state index in [9.17, 15) is 4.79 Å². The molecule has 140 valence electrons. The van der Waals surface area contributed by atoms with Gasteiger partial charge in [-0.1, -0.05) is 44.2 Å². The Hall–Kier alpha value is -1.43. The zero-order chi connectivity index (χ0) is 18.2. The Morgan fingerprint density at radius 2 is 1.96 bits per heavy atom. The van der Waals surface area contributed by atoms with Crippen LogP contribution in [-0.2, 0) is 25.4 Å². The van der Waals surface area contributed by atoms with Crippen LogP contribution in [0.25, 0.3) is 0 Å². The Labute approximate surface area is 150 Å². The fraction of sp³-hybridized carbons (Fsp3) is 0.650. The van der Waals surface area contributed by atoms with Crippen LogP contribution in [0.1, 0.15) is 32.8 Å². The second kappa shape index (κ2) is 9.90. The van der Waals surface area contributed by atoms with Crippen LogP contribution in [0.5, 0.6) is 0 Å². The molecule has 5 nitrogen and oxygen atoms in total. The van der Waals surface area contributed by atoms with Gasteiger partial charge in [-0.05, 0) is 31.2 Å². The van der Waals surface area contributed by atoms with Crippen molar-refractivity contribution in [1.29, 1.82) is 0 Å². The average Bonchev–Trinajstić information content (AvgIpc) is 2.61. The molecule has 0 spiro atoms. The summed E-state index contributed by atoms with van der Waals surface area (Å²) in [5, 5.41) is 0. The summed E-state index contributed by atoms with van der Waals surface area (Å²) in [4.78, 5) is 12.0. The monoisotopic (exact) mass is 349 g/mol. The Morgan fingerprint density at radius 3 is 2.64 bits per heavy atom. The number of carbonyl (C=O) groups excluding carboxylic acids is 1. The first-order valence-corrected chi connectivity index (χ1v) is 9.16. The van der Waals surface area contributed by atoms with Crippen LogP contribution in [-0.4, -0.2) is 44.0 Å². The SMILES string of the molecule is CC(C)CCO[C@@H]1[C@@H](Cc2ccccc2)COC[C@H](N)C(=O)O[C@H]1C. The average molecular weight is 349 g/mol. The molecular formula is C20H31NO4. The van der Waals surface area contributed by atoms with Crippen LogP contribution < -0.4 is 5.73 Å². The summed E-state index contributed by atoms with van der Waals surface area (Å²) in [6, 6.07) is 9.51. The van der Waals surface area contributed by atoms with Crippen LogP contribution in [0.3, 0.4) is 0 Å². The molecule has 0 unspecified atom stereocenters. The van der Waals surface area contributed by atoms with Crippen LogP contribution in [0.4, 0.5) is 0 Å². The number of hydrogen-bond donors (Lipinski definition) is 1. The first-order valence-electron chi connectivity index (χ1n) is 9.16. The maximum absolute atomic E-state index is 12.0. The summed E-state index contributed by atoms with van der Waals surface area (Å²) in [5.74, 6) is 0.236. The Kier molecular flexibility index (Phi) is 7.88. The normalized spacial score (nSPS) is 28.1. The van der Waals surface area contributed by atoms with E-state index >= 15 is 0 Å². The molecule has 25 heavy (non-hydrogen) atoms. The van der Waals surface area contributed by atoms with Gasteiger partial charge in [0.25, 0.3) is 0 Å². The molecule has 0 saturated carbocycles. The predicted octanol–water partition coefficient (Wildman–Crippen LogP) is 2.57. The van der Waals surface area contributed by atoms with Gasteiger partial charge < -0.3 is 19.9 Å². The van der Waals surface area contributed by atoms with E-state index in [1.54, 1.807) is 0 Å². The maximum atomic E-state index is 12.0. The van der Waals surface area contributed by atoms with E-state index in [1.165, 1.54) is 5.56 Å². The zero-order valence-electron chi connectivity index (χ0n) is 15.5. The van der Waals surface area contributed by atoms with Gasteiger partial charge in [-0.25, -0.2) is 0 Å². The molecule has 1 aliphatic rings. The van der Waals surface area contributed by atoms with E-state index in [0.717, 1.165) is 12.8 Å². The molecule has 0 amide bonds. The van der Waals surface area contributed by atoms with E-state index in [0.29, 0.717) is 19.1 Å². The lowest BCUT2D eigenvalue weighted by Crippen LogP contribution is -2.42. The van der Waals surface area contributed by atoms with E-state index in [-0.39, 0.29) is 24.7 Å². The minimum atomic E-state index is -0.741. The molecule has 4 atom stereocenters. The first-order chi connectivity index (χ1) is 12.0. The van der Waals surface area contributed by atoms with Gasteiger partial charge in [-0.3, -0.25) is 4.79 Å². The number of ether oxygens (including phenoxy) is 3. The Balaban J connectivity index is 2.14. The van der Waals surface area contributed by atoms with Crippen LogP contribution in [0.2, 0.25) is 0 Å². The fourth-order valence-electron chi connectivity index (χ4n) is 3.03. The van der Waals surface area contributed by atoms with Gasteiger partial charge in [0.05, 0.1) is 19.3 Å². The van der Waals surface area contributed by atoms with Crippen molar-refractivity contribution >= 4 is 5.97 Å². The largest absolute Gasteiger partial charge is 0.459 e.